The van der Waals surface area contributed by atoms with Gasteiger partial charge in [0.05, 0.1) is 6.61 Å². The summed E-state index contributed by atoms with van der Waals surface area (Å²) in [6.45, 7) is 2.92. The molecule has 0 radical (unpaired) electrons. The van der Waals surface area contributed by atoms with Gasteiger partial charge >= 0.3 is 0 Å². The van der Waals surface area contributed by atoms with E-state index in [1.807, 2.05) is 4.90 Å². The molecule has 0 aliphatic heterocycles. The lowest BCUT2D eigenvalue weighted by Crippen LogP contribution is -2.33. The zero-order valence-corrected chi connectivity index (χ0v) is 17.1. The van der Waals surface area contributed by atoms with Gasteiger partial charge in [0.2, 0.25) is 11.0 Å². The molecule has 0 saturated carbocycles. The minimum Gasteiger partial charge on any atom is -0.385 e. The van der Waals surface area contributed by atoms with Gasteiger partial charge in [0.25, 0.3) is 0 Å². The molecule has 1 N–H and O–H groups in total. The van der Waals surface area contributed by atoms with Gasteiger partial charge in [0, 0.05) is 64.8 Å². The van der Waals surface area contributed by atoms with Gasteiger partial charge in [-0.15, -0.1) is 0 Å². The molecule has 1 aromatic heterocycles. The number of benzene rings is 1. The van der Waals surface area contributed by atoms with Crippen LogP contribution in [-0.4, -0.2) is 62.3 Å². The summed E-state index contributed by atoms with van der Waals surface area (Å²) in [5.41, 5.74) is 0.949. The van der Waals surface area contributed by atoms with Gasteiger partial charge in [0.1, 0.15) is 11.6 Å². The quantitative estimate of drug-likeness (QED) is 0.511. The fraction of sp³-hybridized carbons (Fsp3) is 0.526. The second kappa shape index (κ2) is 12.4. The molecule has 0 spiro atoms. The molecule has 1 heterocycles. The van der Waals surface area contributed by atoms with E-state index < -0.39 is 0 Å². The summed E-state index contributed by atoms with van der Waals surface area (Å²) < 4.78 is 27.6. The van der Waals surface area contributed by atoms with E-state index in [2.05, 4.69) is 14.7 Å². The molecule has 2 rings (SSSR count). The van der Waals surface area contributed by atoms with E-state index in [4.69, 9.17) is 9.47 Å². The molecule has 7 nitrogen and oxygen atoms in total. The van der Waals surface area contributed by atoms with Gasteiger partial charge in [-0.3, -0.25) is 4.79 Å². The third-order valence-electron chi connectivity index (χ3n) is 4.02. The Morgan fingerprint density at radius 1 is 1.18 bits per heavy atom. The van der Waals surface area contributed by atoms with E-state index in [1.54, 1.807) is 26.4 Å². The average molecular weight is 411 g/mol. The summed E-state index contributed by atoms with van der Waals surface area (Å²) in [6, 6.07) is 6.32. The lowest BCUT2D eigenvalue weighted by atomic mass is 10.1. The highest BCUT2D eigenvalue weighted by atomic mass is 32.1. The number of anilines is 1. The first-order valence-corrected chi connectivity index (χ1v) is 9.96. The molecule has 0 atom stereocenters. The van der Waals surface area contributed by atoms with Crippen LogP contribution in [-0.2, 0) is 20.7 Å². The summed E-state index contributed by atoms with van der Waals surface area (Å²) in [4.78, 5) is 18.6. The first-order chi connectivity index (χ1) is 13.6. The number of hydrogen-bond acceptors (Lipinski definition) is 7. The lowest BCUT2D eigenvalue weighted by Gasteiger charge is -2.20. The first kappa shape index (κ1) is 22.2. The van der Waals surface area contributed by atoms with Crippen molar-refractivity contribution in [3.8, 4) is 0 Å². The zero-order chi connectivity index (χ0) is 20.2. The van der Waals surface area contributed by atoms with Crippen molar-refractivity contribution in [2.75, 3.05) is 52.0 Å². The van der Waals surface area contributed by atoms with Crippen LogP contribution in [0.4, 0.5) is 9.52 Å². The molecule has 0 aliphatic carbocycles. The van der Waals surface area contributed by atoms with Crippen LogP contribution in [0.15, 0.2) is 24.3 Å². The van der Waals surface area contributed by atoms with Crippen LogP contribution in [0.3, 0.4) is 0 Å². The number of aromatic nitrogens is 2. The highest BCUT2D eigenvalue weighted by Gasteiger charge is 2.14. The molecule has 0 bridgehead atoms. The van der Waals surface area contributed by atoms with Crippen LogP contribution in [0, 0.1) is 5.82 Å². The van der Waals surface area contributed by atoms with Gasteiger partial charge in [-0.2, -0.15) is 4.37 Å². The fourth-order valence-corrected chi connectivity index (χ4v) is 3.24. The molecule has 1 amide bonds. The third-order valence-corrected chi connectivity index (χ3v) is 4.84. The van der Waals surface area contributed by atoms with E-state index in [0.717, 1.165) is 17.1 Å². The number of nitrogens with one attached hydrogen (secondary N) is 1. The second-order valence-electron chi connectivity index (χ2n) is 6.22. The number of carbonyl (C=O) groups excluding carboxylic acids is 1. The average Bonchev–Trinajstić information content (AvgIpc) is 3.15. The van der Waals surface area contributed by atoms with Crippen molar-refractivity contribution >= 4 is 22.6 Å². The van der Waals surface area contributed by atoms with Crippen molar-refractivity contribution in [1.82, 2.24) is 14.7 Å². The number of ether oxygens (including phenoxy) is 2. The van der Waals surface area contributed by atoms with Crippen molar-refractivity contribution < 1.29 is 18.7 Å². The maximum absolute atomic E-state index is 13.0. The predicted molar refractivity (Wildman–Crippen MR) is 107 cm³/mol. The monoisotopic (exact) mass is 410 g/mol. The van der Waals surface area contributed by atoms with Gasteiger partial charge in [-0.05, 0) is 24.1 Å². The van der Waals surface area contributed by atoms with E-state index >= 15 is 0 Å². The number of carbonyl (C=O) groups is 1. The standard InChI is InChI=1S/C19H27FN4O3S/c1-26-12-3-9-21-18(25)8-10-24(11-13-27-2)19-22-17(23-28-19)14-15-4-6-16(20)7-5-15/h4-7H,3,8-14H2,1-2H3,(H,21,25). The molecule has 28 heavy (non-hydrogen) atoms. The van der Waals surface area contributed by atoms with E-state index in [9.17, 15) is 9.18 Å². The van der Waals surface area contributed by atoms with Crippen LogP contribution >= 0.6 is 11.5 Å². The Labute approximate surface area is 169 Å². The van der Waals surface area contributed by atoms with Gasteiger partial charge in [-0.1, -0.05) is 12.1 Å². The molecule has 0 aliphatic rings. The molecular formula is C19H27FN4O3S. The Balaban J connectivity index is 1.90. The molecule has 9 heteroatoms. The third kappa shape index (κ3) is 7.87. The van der Waals surface area contributed by atoms with Crippen molar-refractivity contribution in [3.63, 3.8) is 0 Å². The van der Waals surface area contributed by atoms with Crippen LogP contribution < -0.4 is 10.2 Å². The summed E-state index contributed by atoms with van der Waals surface area (Å²) >= 11 is 1.29. The van der Waals surface area contributed by atoms with Crippen molar-refractivity contribution in [2.24, 2.45) is 0 Å². The molecule has 1 aromatic carbocycles. The topological polar surface area (TPSA) is 76.6 Å². The number of amides is 1. The Hall–Kier alpha value is -2.10. The minimum absolute atomic E-state index is 0.00503. The highest BCUT2D eigenvalue weighted by molar-refractivity contribution is 7.09. The molecule has 154 valence electrons. The fourth-order valence-electron chi connectivity index (χ4n) is 2.50. The zero-order valence-electron chi connectivity index (χ0n) is 16.3. The SMILES string of the molecule is COCCCNC(=O)CCN(CCOC)c1nc(Cc2ccc(F)cc2)ns1. The van der Waals surface area contributed by atoms with E-state index in [1.165, 1.54) is 23.7 Å². The number of hydrogen-bond donors (Lipinski definition) is 1. The van der Waals surface area contributed by atoms with Gasteiger partial charge < -0.3 is 19.7 Å². The summed E-state index contributed by atoms with van der Waals surface area (Å²) in [5.74, 6) is 0.412. The van der Waals surface area contributed by atoms with Crippen LogP contribution in [0.5, 0.6) is 0 Å². The summed E-state index contributed by atoms with van der Waals surface area (Å²) in [5, 5.41) is 3.63. The summed E-state index contributed by atoms with van der Waals surface area (Å²) in [6.07, 6.45) is 1.69. The van der Waals surface area contributed by atoms with Gasteiger partial charge in [-0.25, -0.2) is 9.37 Å². The van der Waals surface area contributed by atoms with E-state index in [0.29, 0.717) is 51.5 Å². The molecule has 0 unspecified atom stereocenters. The highest BCUT2D eigenvalue weighted by Crippen LogP contribution is 2.19. The number of halogens is 1. The van der Waals surface area contributed by atoms with Crippen molar-refractivity contribution in [1.29, 1.82) is 0 Å². The Kier molecular flexibility index (Phi) is 9.81. The van der Waals surface area contributed by atoms with E-state index in [-0.39, 0.29) is 11.7 Å². The summed E-state index contributed by atoms with van der Waals surface area (Å²) in [7, 11) is 3.28. The molecule has 0 fully saturated rings. The lowest BCUT2D eigenvalue weighted by molar-refractivity contribution is -0.120. The smallest absolute Gasteiger partial charge is 0.221 e. The molecular weight excluding hydrogens is 383 g/mol. The number of methoxy groups -OCH3 is 2. The second-order valence-corrected chi connectivity index (χ2v) is 6.95. The van der Waals surface area contributed by atoms with Gasteiger partial charge in [0.15, 0.2) is 0 Å². The maximum Gasteiger partial charge on any atom is 0.221 e. The van der Waals surface area contributed by atoms with Crippen molar-refractivity contribution in [3.05, 3.63) is 41.5 Å². The predicted octanol–water partition coefficient (Wildman–Crippen LogP) is 2.26. The van der Waals surface area contributed by atoms with Crippen LogP contribution in [0.25, 0.3) is 0 Å². The van der Waals surface area contributed by atoms with Crippen molar-refractivity contribution in [2.45, 2.75) is 19.3 Å². The number of rotatable bonds is 13. The molecule has 2 aromatic rings. The maximum atomic E-state index is 13.0. The van der Waals surface area contributed by atoms with Crippen LogP contribution in [0.1, 0.15) is 24.2 Å². The molecule has 0 saturated heterocycles. The Morgan fingerprint density at radius 3 is 2.64 bits per heavy atom. The Bertz CT molecular complexity index is 711. The van der Waals surface area contributed by atoms with Crippen LogP contribution in [0.2, 0.25) is 0 Å². The minimum atomic E-state index is -0.262. The first-order valence-electron chi connectivity index (χ1n) is 9.19. The Morgan fingerprint density at radius 2 is 1.93 bits per heavy atom. The normalized spacial score (nSPS) is 10.8. The number of nitrogens with zero attached hydrogens (tertiary/aromatic N) is 3. The largest absolute Gasteiger partial charge is 0.385 e.